The molecule has 0 saturated carbocycles. The summed E-state index contributed by atoms with van der Waals surface area (Å²) < 4.78 is 5.12. The van der Waals surface area contributed by atoms with Gasteiger partial charge in [-0.25, -0.2) is 0 Å². The van der Waals surface area contributed by atoms with Crippen molar-refractivity contribution in [2.75, 3.05) is 13.2 Å². The highest BCUT2D eigenvalue weighted by Crippen LogP contribution is 2.19. The van der Waals surface area contributed by atoms with Crippen molar-refractivity contribution in [2.24, 2.45) is 5.92 Å². The van der Waals surface area contributed by atoms with Crippen LogP contribution in [0.2, 0.25) is 6.32 Å². The second-order valence-corrected chi connectivity index (χ2v) is 2.77. The van der Waals surface area contributed by atoms with E-state index in [9.17, 15) is 0 Å². The fourth-order valence-electron chi connectivity index (χ4n) is 1.28. The van der Waals surface area contributed by atoms with Crippen molar-refractivity contribution < 1.29 is 14.8 Å². The van der Waals surface area contributed by atoms with Gasteiger partial charge in [0.25, 0.3) is 0 Å². The Morgan fingerprint density at radius 2 is 1.90 bits per heavy atom. The van der Waals surface area contributed by atoms with Crippen molar-refractivity contribution in [2.45, 2.75) is 19.2 Å². The molecule has 0 radical (unpaired) electrons. The molecule has 1 aliphatic rings. The van der Waals surface area contributed by atoms with E-state index in [1.807, 2.05) is 0 Å². The van der Waals surface area contributed by atoms with Gasteiger partial charge in [0, 0.05) is 13.2 Å². The van der Waals surface area contributed by atoms with E-state index in [1.54, 1.807) is 0 Å². The van der Waals surface area contributed by atoms with Gasteiger partial charge < -0.3 is 14.8 Å². The van der Waals surface area contributed by atoms with Crippen LogP contribution in [0.25, 0.3) is 0 Å². The zero-order valence-electron chi connectivity index (χ0n) is 5.99. The second kappa shape index (κ2) is 3.96. The highest BCUT2D eigenvalue weighted by Gasteiger charge is 2.19. The molecule has 0 aromatic carbocycles. The minimum atomic E-state index is -1.14. The van der Waals surface area contributed by atoms with Crippen molar-refractivity contribution in [3.8, 4) is 0 Å². The Hall–Kier alpha value is -0.0551. The highest BCUT2D eigenvalue weighted by molar-refractivity contribution is 6.41. The van der Waals surface area contributed by atoms with Crippen LogP contribution in [0, 0.1) is 5.92 Å². The monoisotopic (exact) mass is 144 g/mol. The molecule has 1 aliphatic heterocycles. The van der Waals surface area contributed by atoms with Gasteiger partial charge in [0.1, 0.15) is 0 Å². The average molecular weight is 144 g/mol. The fourth-order valence-corrected chi connectivity index (χ4v) is 1.28. The fraction of sp³-hybridized carbons (Fsp3) is 1.00. The molecular weight excluding hydrogens is 131 g/mol. The molecule has 10 heavy (non-hydrogen) atoms. The van der Waals surface area contributed by atoms with E-state index in [-0.39, 0.29) is 0 Å². The van der Waals surface area contributed by atoms with E-state index < -0.39 is 7.12 Å². The lowest BCUT2D eigenvalue weighted by molar-refractivity contribution is 0.0698. The van der Waals surface area contributed by atoms with Gasteiger partial charge in [0.05, 0.1) is 0 Å². The van der Waals surface area contributed by atoms with E-state index in [2.05, 4.69) is 0 Å². The predicted molar refractivity (Wildman–Crippen MR) is 38.5 cm³/mol. The van der Waals surface area contributed by atoms with Crippen LogP contribution >= 0.6 is 0 Å². The molecule has 0 aromatic rings. The van der Waals surface area contributed by atoms with E-state index in [0.29, 0.717) is 12.2 Å². The molecule has 0 amide bonds. The van der Waals surface area contributed by atoms with Gasteiger partial charge in [-0.3, -0.25) is 0 Å². The average Bonchev–Trinajstić information content (AvgIpc) is 1.88. The van der Waals surface area contributed by atoms with Gasteiger partial charge in [-0.1, -0.05) is 0 Å². The first-order chi connectivity index (χ1) is 4.79. The van der Waals surface area contributed by atoms with E-state index in [1.165, 1.54) is 0 Å². The number of ether oxygens (including phenoxy) is 1. The third kappa shape index (κ3) is 2.69. The van der Waals surface area contributed by atoms with Crippen LogP contribution in [-0.4, -0.2) is 30.4 Å². The molecule has 1 heterocycles. The van der Waals surface area contributed by atoms with E-state index in [0.717, 1.165) is 26.1 Å². The Labute approximate surface area is 61.2 Å². The molecule has 4 heteroatoms. The first-order valence-electron chi connectivity index (χ1n) is 3.73. The summed E-state index contributed by atoms with van der Waals surface area (Å²) in [4.78, 5) is 0. The van der Waals surface area contributed by atoms with Crippen LogP contribution < -0.4 is 0 Å². The van der Waals surface area contributed by atoms with Crippen molar-refractivity contribution in [3.05, 3.63) is 0 Å². The van der Waals surface area contributed by atoms with Crippen LogP contribution in [0.1, 0.15) is 12.8 Å². The SMILES string of the molecule is OB(O)CC1CCOCC1. The molecule has 0 bridgehead atoms. The van der Waals surface area contributed by atoms with Gasteiger partial charge in [-0.2, -0.15) is 0 Å². The first kappa shape index (κ1) is 8.05. The summed E-state index contributed by atoms with van der Waals surface area (Å²) >= 11 is 0. The van der Waals surface area contributed by atoms with Crippen LogP contribution in [-0.2, 0) is 4.74 Å². The third-order valence-electron chi connectivity index (χ3n) is 1.89. The van der Waals surface area contributed by atoms with Crippen molar-refractivity contribution in [1.29, 1.82) is 0 Å². The zero-order valence-corrected chi connectivity index (χ0v) is 5.99. The topological polar surface area (TPSA) is 49.7 Å². The Balaban J connectivity index is 2.13. The van der Waals surface area contributed by atoms with Gasteiger partial charge in [-0.15, -0.1) is 0 Å². The highest BCUT2D eigenvalue weighted by atomic mass is 16.5. The summed E-state index contributed by atoms with van der Waals surface area (Å²) in [6, 6.07) is 0. The van der Waals surface area contributed by atoms with Crippen LogP contribution in [0.4, 0.5) is 0 Å². The lowest BCUT2D eigenvalue weighted by atomic mass is 9.75. The quantitative estimate of drug-likeness (QED) is 0.531. The molecule has 0 aromatic heterocycles. The number of rotatable bonds is 2. The minimum absolute atomic E-state index is 0.453. The lowest BCUT2D eigenvalue weighted by Crippen LogP contribution is -2.22. The predicted octanol–water partition coefficient (Wildman–Crippen LogP) is -0.114. The van der Waals surface area contributed by atoms with Crippen LogP contribution in [0.3, 0.4) is 0 Å². The minimum Gasteiger partial charge on any atom is -0.427 e. The maximum absolute atomic E-state index is 8.62. The molecule has 0 spiro atoms. The van der Waals surface area contributed by atoms with Crippen molar-refractivity contribution in [3.63, 3.8) is 0 Å². The molecule has 3 nitrogen and oxygen atoms in total. The smallest absolute Gasteiger partial charge is 0.427 e. The molecule has 0 aliphatic carbocycles. The molecule has 2 N–H and O–H groups in total. The van der Waals surface area contributed by atoms with Gasteiger partial charge in [0.15, 0.2) is 0 Å². The van der Waals surface area contributed by atoms with E-state index in [4.69, 9.17) is 14.8 Å². The summed E-state index contributed by atoms with van der Waals surface area (Å²) in [5.74, 6) is 0.453. The Morgan fingerprint density at radius 3 is 2.40 bits per heavy atom. The molecule has 58 valence electrons. The summed E-state index contributed by atoms with van der Waals surface area (Å²) in [6.45, 7) is 1.55. The molecule has 0 unspecified atom stereocenters. The number of hydrogen-bond acceptors (Lipinski definition) is 3. The van der Waals surface area contributed by atoms with Gasteiger partial charge in [-0.05, 0) is 25.1 Å². The Bertz CT molecular complexity index is 91.0. The lowest BCUT2D eigenvalue weighted by Gasteiger charge is -2.21. The maximum Gasteiger partial charge on any atom is 0.451 e. The van der Waals surface area contributed by atoms with Gasteiger partial charge >= 0.3 is 7.12 Å². The standard InChI is InChI=1S/C6H13BO3/c8-7(9)5-6-1-3-10-4-2-6/h6,8-9H,1-5H2. The number of hydrogen-bond donors (Lipinski definition) is 2. The summed E-state index contributed by atoms with van der Waals surface area (Å²) in [6.07, 6.45) is 2.44. The molecular formula is C6H13BO3. The summed E-state index contributed by atoms with van der Waals surface area (Å²) in [5.41, 5.74) is 0. The zero-order chi connectivity index (χ0) is 7.40. The van der Waals surface area contributed by atoms with Crippen LogP contribution in [0.5, 0.6) is 0 Å². The largest absolute Gasteiger partial charge is 0.451 e. The molecule has 0 atom stereocenters. The third-order valence-corrected chi connectivity index (χ3v) is 1.89. The molecule has 1 saturated heterocycles. The van der Waals surface area contributed by atoms with Crippen molar-refractivity contribution in [1.82, 2.24) is 0 Å². The van der Waals surface area contributed by atoms with Crippen LogP contribution in [0.15, 0.2) is 0 Å². The molecule has 1 fully saturated rings. The maximum atomic E-state index is 8.62. The Morgan fingerprint density at radius 1 is 1.30 bits per heavy atom. The molecule has 1 rings (SSSR count). The summed E-state index contributed by atoms with van der Waals surface area (Å²) in [7, 11) is -1.14. The Kier molecular flexibility index (Phi) is 3.18. The first-order valence-corrected chi connectivity index (χ1v) is 3.73. The second-order valence-electron chi connectivity index (χ2n) is 2.77. The van der Waals surface area contributed by atoms with E-state index >= 15 is 0 Å². The van der Waals surface area contributed by atoms with Gasteiger partial charge in [0.2, 0.25) is 0 Å². The normalized spacial score (nSPS) is 21.0. The van der Waals surface area contributed by atoms with Crippen molar-refractivity contribution >= 4 is 7.12 Å². The summed E-state index contributed by atoms with van der Waals surface area (Å²) in [5, 5.41) is 17.2.